The van der Waals surface area contributed by atoms with E-state index in [0.29, 0.717) is 28.4 Å². The highest BCUT2D eigenvalue weighted by Gasteiger charge is 2.24. The van der Waals surface area contributed by atoms with Gasteiger partial charge in [-0.2, -0.15) is 0 Å². The Hall–Kier alpha value is -2.76. The van der Waals surface area contributed by atoms with Gasteiger partial charge in [0.05, 0.1) is 11.3 Å². The van der Waals surface area contributed by atoms with Gasteiger partial charge in [-0.05, 0) is 37.5 Å². The first-order valence-corrected chi connectivity index (χ1v) is 7.18. The molecule has 0 bridgehead atoms. The number of nitrogens with two attached hydrogens (primary N) is 1. The van der Waals surface area contributed by atoms with Crippen LogP contribution in [0, 0.1) is 0 Å². The number of fused-ring (bicyclic) bond motifs is 2. The van der Waals surface area contributed by atoms with Crippen LogP contribution >= 0.6 is 0 Å². The summed E-state index contributed by atoms with van der Waals surface area (Å²) in [6.45, 7) is 0. The van der Waals surface area contributed by atoms with Crippen molar-refractivity contribution in [2.24, 2.45) is 0 Å². The smallest absolute Gasteiger partial charge is 0.335 e. The van der Waals surface area contributed by atoms with E-state index in [0.717, 1.165) is 37.0 Å². The molecule has 1 aliphatic carbocycles. The lowest BCUT2D eigenvalue weighted by atomic mass is 9.97. The minimum absolute atomic E-state index is 0.155. The molecule has 0 saturated carbocycles. The fraction of sp³-hybridized carbons (Fsp3) is 0.250. The number of nitrogen functional groups attached to an aromatic ring is 1. The maximum Gasteiger partial charge on any atom is 0.335 e. The van der Waals surface area contributed by atoms with Gasteiger partial charge in [0.2, 0.25) is 5.76 Å². The summed E-state index contributed by atoms with van der Waals surface area (Å²) in [5, 5.41) is 9.02. The molecule has 0 aliphatic heterocycles. The molecule has 1 aliphatic rings. The molecule has 112 valence electrons. The highest BCUT2D eigenvalue weighted by molar-refractivity contribution is 5.92. The predicted octanol–water partition coefficient (Wildman–Crippen LogP) is 3.25. The normalized spacial score (nSPS) is 14.2. The Labute approximate surface area is 125 Å². The second kappa shape index (κ2) is 4.62. The zero-order valence-corrected chi connectivity index (χ0v) is 11.8. The van der Waals surface area contributed by atoms with Crippen LogP contribution in [0.15, 0.2) is 27.0 Å². The summed E-state index contributed by atoms with van der Waals surface area (Å²) in [5.74, 6) is 0.643. The molecule has 0 radical (unpaired) electrons. The van der Waals surface area contributed by atoms with Crippen molar-refractivity contribution in [3.05, 3.63) is 35.1 Å². The van der Waals surface area contributed by atoms with Crippen LogP contribution in [0.3, 0.4) is 0 Å². The van der Waals surface area contributed by atoms with Gasteiger partial charge < -0.3 is 19.7 Å². The summed E-state index contributed by atoms with van der Waals surface area (Å²) in [6, 6.07) is 4.56. The molecule has 0 spiro atoms. The van der Waals surface area contributed by atoms with E-state index in [2.05, 4.69) is 4.98 Å². The summed E-state index contributed by atoms with van der Waals surface area (Å²) in [5.41, 5.74) is 8.94. The van der Waals surface area contributed by atoms with E-state index in [-0.39, 0.29) is 5.56 Å². The third kappa shape index (κ3) is 1.88. The molecular formula is C16H14N2O4. The first-order chi connectivity index (χ1) is 10.6. The molecule has 0 atom stereocenters. The number of aromatic carboxylic acids is 1. The van der Waals surface area contributed by atoms with Crippen molar-refractivity contribution in [2.45, 2.75) is 25.7 Å². The van der Waals surface area contributed by atoms with Crippen molar-refractivity contribution in [3.8, 4) is 11.7 Å². The van der Waals surface area contributed by atoms with Gasteiger partial charge in [0.15, 0.2) is 5.58 Å². The Balaban J connectivity index is 1.84. The predicted molar refractivity (Wildman–Crippen MR) is 79.7 cm³/mol. The molecule has 3 N–H and O–H groups in total. The third-order valence-corrected chi connectivity index (χ3v) is 4.04. The lowest BCUT2D eigenvalue weighted by Gasteiger charge is -2.08. The summed E-state index contributed by atoms with van der Waals surface area (Å²) in [6.07, 6.45) is 3.98. The Morgan fingerprint density at radius 3 is 2.82 bits per heavy atom. The lowest BCUT2D eigenvalue weighted by molar-refractivity contribution is 0.0697. The fourth-order valence-corrected chi connectivity index (χ4v) is 2.90. The molecule has 0 amide bonds. The van der Waals surface area contributed by atoms with Crippen molar-refractivity contribution >= 4 is 22.8 Å². The van der Waals surface area contributed by atoms with Gasteiger partial charge in [-0.1, -0.05) is 0 Å². The van der Waals surface area contributed by atoms with Crippen LogP contribution in [0.2, 0.25) is 0 Å². The molecule has 0 fully saturated rings. The van der Waals surface area contributed by atoms with E-state index >= 15 is 0 Å². The van der Waals surface area contributed by atoms with E-state index in [1.807, 2.05) is 0 Å². The number of carboxylic acid groups (broad SMARTS) is 1. The van der Waals surface area contributed by atoms with E-state index < -0.39 is 5.97 Å². The second-order valence-corrected chi connectivity index (χ2v) is 5.46. The molecule has 1 aromatic carbocycles. The third-order valence-electron chi connectivity index (χ3n) is 4.04. The lowest BCUT2D eigenvalue weighted by Crippen LogP contribution is -2.01. The number of carboxylic acids is 1. The first-order valence-electron chi connectivity index (χ1n) is 7.18. The second-order valence-electron chi connectivity index (χ2n) is 5.46. The first kappa shape index (κ1) is 12.9. The standard InChI is InChI=1S/C16H14N2O4/c17-13-9-3-1-2-4-11(9)21-14(13)15-18-10-6-5-8(16(19)20)7-12(10)22-15/h5-7H,1-4,17H2,(H,19,20). The molecule has 2 aromatic heterocycles. The summed E-state index contributed by atoms with van der Waals surface area (Å²) in [7, 11) is 0. The van der Waals surface area contributed by atoms with Gasteiger partial charge in [-0.25, -0.2) is 9.78 Å². The van der Waals surface area contributed by atoms with Crippen molar-refractivity contribution < 1.29 is 18.7 Å². The molecule has 6 nitrogen and oxygen atoms in total. The molecule has 0 saturated heterocycles. The van der Waals surface area contributed by atoms with Gasteiger partial charge in [0.1, 0.15) is 11.3 Å². The van der Waals surface area contributed by atoms with Gasteiger partial charge in [0, 0.05) is 12.0 Å². The van der Waals surface area contributed by atoms with E-state index in [4.69, 9.17) is 19.7 Å². The fourth-order valence-electron chi connectivity index (χ4n) is 2.90. The van der Waals surface area contributed by atoms with Crippen LogP contribution in [0.5, 0.6) is 0 Å². The average molecular weight is 298 g/mol. The number of nitrogens with zero attached hydrogens (tertiary/aromatic N) is 1. The van der Waals surface area contributed by atoms with Crippen LogP contribution in [0.4, 0.5) is 5.69 Å². The molecule has 2 heterocycles. The molecule has 6 heteroatoms. The Morgan fingerprint density at radius 1 is 1.23 bits per heavy atom. The number of benzene rings is 1. The summed E-state index contributed by atoms with van der Waals surface area (Å²) in [4.78, 5) is 15.4. The molecule has 0 unspecified atom stereocenters. The van der Waals surface area contributed by atoms with Gasteiger partial charge in [-0.15, -0.1) is 0 Å². The number of carbonyl (C=O) groups is 1. The average Bonchev–Trinajstić information content (AvgIpc) is 3.08. The SMILES string of the molecule is Nc1c(-c2nc3ccc(C(=O)O)cc3o2)oc2c1CCCC2. The minimum Gasteiger partial charge on any atom is -0.478 e. The number of hydrogen-bond donors (Lipinski definition) is 2. The van der Waals surface area contributed by atoms with Gasteiger partial charge in [0.25, 0.3) is 5.89 Å². The van der Waals surface area contributed by atoms with Gasteiger partial charge >= 0.3 is 5.97 Å². The number of aryl methyl sites for hydroxylation is 1. The summed E-state index contributed by atoms with van der Waals surface area (Å²) < 4.78 is 11.5. The highest BCUT2D eigenvalue weighted by Crippen LogP contribution is 2.38. The monoisotopic (exact) mass is 298 g/mol. The zero-order valence-electron chi connectivity index (χ0n) is 11.8. The Bertz CT molecular complexity index is 891. The molecule has 4 rings (SSSR count). The number of aromatic nitrogens is 1. The summed E-state index contributed by atoms with van der Waals surface area (Å²) >= 11 is 0. The minimum atomic E-state index is -1.01. The number of furan rings is 1. The van der Waals surface area contributed by atoms with Crippen LogP contribution in [-0.2, 0) is 12.8 Å². The van der Waals surface area contributed by atoms with Crippen molar-refractivity contribution in [1.29, 1.82) is 0 Å². The van der Waals surface area contributed by atoms with Crippen molar-refractivity contribution in [2.75, 3.05) is 5.73 Å². The quantitative estimate of drug-likeness (QED) is 0.752. The maximum atomic E-state index is 11.0. The maximum absolute atomic E-state index is 11.0. The largest absolute Gasteiger partial charge is 0.478 e. The highest BCUT2D eigenvalue weighted by atomic mass is 16.4. The molecule has 3 aromatic rings. The number of hydrogen-bond acceptors (Lipinski definition) is 5. The van der Waals surface area contributed by atoms with Gasteiger partial charge in [-0.3, -0.25) is 0 Å². The van der Waals surface area contributed by atoms with Crippen molar-refractivity contribution in [3.63, 3.8) is 0 Å². The zero-order chi connectivity index (χ0) is 15.3. The van der Waals surface area contributed by atoms with E-state index in [9.17, 15) is 4.79 Å². The Kier molecular flexibility index (Phi) is 2.72. The van der Waals surface area contributed by atoms with Crippen LogP contribution < -0.4 is 5.73 Å². The number of rotatable bonds is 2. The molecule has 22 heavy (non-hydrogen) atoms. The van der Waals surface area contributed by atoms with Crippen LogP contribution in [-0.4, -0.2) is 16.1 Å². The topological polar surface area (TPSA) is 102 Å². The Morgan fingerprint density at radius 2 is 2.05 bits per heavy atom. The number of oxazole rings is 1. The number of anilines is 1. The van der Waals surface area contributed by atoms with E-state index in [1.54, 1.807) is 6.07 Å². The van der Waals surface area contributed by atoms with Crippen molar-refractivity contribution in [1.82, 2.24) is 4.98 Å². The van der Waals surface area contributed by atoms with E-state index in [1.165, 1.54) is 12.1 Å². The van der Waals surface area contributed by atoms with Crippen LogP contribution in [0.1, 0.15) is 34.5 Å². The molecular weight excluding hydrogens is 284 g/mol. The van der Waals surface area contributed by atoms with Crippen LogP contribution in [0.25, 0.3) is 22.8 Å².